The van der Waals surface area contributed by atoms with Crippen LogP contribution in [-0.2, 0) is 19.1 Å². The molecule has 5 aliphatic rings. The number of nitrogens with zero attached hydrogens (tertiary/aromatic N) is 2. The van der Waals surface area contributed by atoms with Gasteiger partial charge in [0.15, 0.2) is 6.61 Å². The molecule has 0 spiro atoms. The Hall–Kier alpha value is -3.36. The second-order valence-electron chi connectivity index (χ2n) is 8.31. The number of likely N-dealkylation sites (tertiary alicyclic amines) is 1. The van der Waals surface area contributed by atoms with E-state index in [4.69, 9.17) is 4.74 Å². The fourth-order valence-corrected chi connectivity index (χ4v) is 5.37. The summed E-state index contributed by atoms with van der Waals surface area (Å²) >= 11 is 0. The van der Waals surface area contributed by atoms with Crippen molar-refractivity contribution >= 4 is 29.3 Å². The minimum absolute atomic E-state index is 0.0400. The van der Waals surface area contributed by atoms with Gasteiger partial charge in [-0.05, 0) is 30.1 Å². The molecule has 0 N–H and O–H groups in total. The molecule has 1 aliphatic heterocycles. The summed E-state index contributed by atoms with van der Waals surface area (Å²) in [7, 11) is 0. The van der Waals surface area contributed by atoms with Crippen LogP contribution in [0.15, 0.2) is 36.4 Å². The molecule has 1 aromatic carbocycles. The zero-order chi connectivity index (χ0) is 21.2. The molecule has 4 aliphatic carbocycles. The number of imide groups is 1. The number of rotatable bonds is 6. The summed E-state index contributed by atoms with van der Waals surface area (Å²) in [5.41, 5.74) is -0.206. The van der Waals surface area contributed by atoms with E-state index in [0.717, 1.165) is 17.4 Å². The van der Waals surface area contributed by atoms with E-state index in [0.29, 0.717) is 11.8 Å². The molecule has 0 aromatic heterocycles. The average molecular weight is 410 g/mol. The van der Waals surface area contributed by atoms with Crippen molar-refractivity contribution in [3.8, 4) is 0 Å². The fourth-order valence-electron chi connectivity index (χ4n) is 5.37. The summed E-state index contributed by atoms with van der Waals surface area (Å²) in [6.45, 7) is -1.15. The highest BCUT2D eigenvalue weighted by Crippen LogP contribution is 2.65. The van der Waals surface area contributed by atoms with Gasteiger partial charge in [0.25, 0.3) is 5.69 Å². The maximum Gasteiger partial charge on any atom is 0.326 e. The predicted molar refractivity (Wildman–Crippen MR) is 99.8 cm³/mol. The van der Waals surface area contributed by atoms with Crippen LogP contribution in [-0.4, -0.2) is 46.5 Å². The molecule has 6 atom stereocenters. The first-order valence-corrected chi connectivity index (χ1v) is 9.83. The largest absolute Gasteiger partial charge is 0.456 e. The van der Waals surface area contributed by atoms with E-state index in [1.807, 2.05) is 12.2 Å². The maximum atomic E-state index is 12.8. The Bertz CT molecular complexity index is 996. The number of esters is 1. The average Bonchev–Trinajstić information content (AvgIpc) is 3.53. The maximum absolute atomic E-state index is 12.8. The van der Waals surface area contributed by atoms with Crippen LogP contribution in [0, 0.1) is 45.6 Å². The number of nitro benzene ring substituents is 1. The normalized spacial score (nSPS) is 32.6. The van der Waals surface area contributed by atoms with Crippen LogP contribution in [0.5, 0.6) is 0 Å². The molecule has 9 nitrogen and oxygen atoms in total. The highest BCUT2D eigenvalue weighted by Gasteiger charge is 2.67. The van der Waals surface area contributed by atoms with E-state index in [2.05, 4.69) is 0 Å². The van der Waals surface area contributed by atoms with Crippen LogP contribution in [0.25, 0.3) is 0 Å². The Labute approximate surface area is 170 Å². The Morgan fingerprint density at radius 2 is 1.73 bits per heavy atom. The number of Topliss-reactive ketones (excluding diaryl/α,β-unsaturated/α-hetero) is 1. The monoisotopic (exact) mass is 410 g/mol. The van der Waals surface area contributed by atoms with Gasteiger partial charge >= 0.3 is 5.97 Å². The zero-order valence-electron chi connectivity index (χ0n) is 15.8. The number of ether oxygens (including phenoxy) is 1. The third-order valence-electron chi connectivity index (χ3n) is 6.78. The van der Waals surface area contributed by atoms with Gasteiger partial charge in [0, 0.05) is 17.7 Å². The fraction of sp³-hybridized carbons (Fsp3) is 0.429. The number of allylic oxidation sites excluding steroid dienone is 2. The molecule has 1 saturated heterocycles. The van der Waals surface area contributed by atoms with Crippen molar-refractivity contribution in [3.63, 3.8) is 0 Å². The van der Waals surface area contributed by atoms with Gasteiger partial charge in [0.05, 0.1) is 16.8 Å². The van der Waals surface area contributed by atoms with Crippen molar-refractivity contribution in [2.45, 2.75) is 6.42 Å². The van der Waals surface area contributed by atoms with Gasteiger partial charge in [-0.3, -0.25) is 34.2 Å². The Morgan fingerprint density at radius 3 is 2.33 bits per heavy atom. The van der Waals surface area contributed by atoms with Crippen molar-refractivity contribution in [1.29, 1.82) is 0 Å². The molecule has 0 radical (unpaired) electrons. The number of nitro groups is 1. The minimum atomic E-state index is -0.861. The number of ketones is 1. The molecular formula is C21H18N2O7. The van der Waals surface area contributed by atoms with Crippen LogP contribution in [0.3, 0.4) is 0 Å². The number of amides is 2. The van der Waals surface area contributed by atoms with E-state index in [9.17, 15) is 29.3 Å². The molecule has 2 saturated carbocycles. The molecule has 1 aromatic rings. The van der Waals surface area contributed by atoms with E-state index >= 15 is 0 Å². The van der Waals surface area contributed by atoms with Gasteiger partial charge < -0.3 is 4.74 Å². The van der Waals surface area contributed by atoms with Crippen molar-refractivity contribution in [3.05, 3.63) is 52.1 Å². The molecule has 6 rings (SSSR count). The lowest BCUT2D eigenvalue weighted by Gasteiger charge is -2.37. The summed E-state index contributed by atoms with van der Waals surface area (Å²) in [6.07, 6.45) is 5.15. The van der Waals surface area contributed by atoms with Crippen molar-refractivity contribution in [2.24, 2.45) is 35.5 Å². The SMILES string of the molecule is O=C(CN1C(=O)[C@H]2[C@@H]3C=C[C@@H]([C@H]4C[C@H]34)[C@@H]2C1=O)OCC(=O)c1cccc([N+](=O)[O-])c1. The number of non-ortho nitro benzene ring substituents is 1. The summed E-state index contributed by atoms with van der Waals surface area (Å²) in [5.74, 6) is -1.85. The molecule has 3 fully saturated rings. The second kappa shape index (κ2) is 6.58. The second-order valence-corrected chi connectivity index (χ2v) is 8.31. The van der Waals surface area contributed by atoms with E-state index in [-0.39, 0.29) is 34.9 Å². The lowest BCUT2D eigenvalue weighted by Crippen LogP contribution is -2.40. The highest BCUT2D eigenvalue weighted by atomic mass is 16.6. The molecule has 2 amide bonds. The highest BCUT2D eigenvalue weighted by molar-refractivity contribution is 6.08. The number of benzene rings is 1. The van der Waals surface area contributed by atoms with Gasteiger partial charge in [-0.2, -0.15) is 0 Å². The summed E-state index contributed by atoms with van der Waals surface area (Å²) in [4.78, 5) is 61.2. The Balaban J connectivity index is 1.21. The van der Waals surface area contributed by atoms with Gasteiger partial charge in [0.2, 0.25) is 17.6 Å². The molecule has 9 heteroatoms. The van der Waals surface area contributed by atoms with E-state index < -0.39 is 41.7 Å². The first-order valence-electron chi connectivity index (χ1n) is 9.83. The first kappa shape index (κ1) is 18.7. The van der Waals surface area contributed by atoms with E-state index in [1.54, 1.807) is 0 Å². The van der Waals surface area contributed by atoms with Crippen LogP contribution >= 0.6 is 0 Å². The molecule has 154 valence electrons. The van der Waals surface area contributed by atoms with Crippen LogP contribution in [0.1, 0.15) is 16.8 Å². The summed E-state index contributed by atoms with van der Waals surface area (Å²) in [6, 6.07) is 5.10. The third-order valence-corrected chi connectivity index (χ3v) is 6.78. The van der Waals surface area contributed by atoms with E-state index in [1.165, 1.54) is 18.2 Å². The van der Waals surface area contributed by atoms with Crippen LogP contribution in [0.2, 0.25) is 0 Å². The zero-order valence-corrected chi connectivity index (χ0v) is 15.8. The number of carbonyl (C=O) groups is 4. The smallest absolute Gasteiger partial charge is 0.326 e. The third kappa shape index (κ3) is 2.76. The van der Waals surface area contributed by atoms with Gasteiger partial charge in [-0.1, -0.05) is 24.3 Å². The number of hydrogen-bond donors (Lipinski definition) is 0. The molecule has 1 heterocycles. The predicted octanol–water partition coefficient (Wildman–Crippen LogP) is 1.37. The van der Waals surface area contributed by atoms with Crippen molar-refractivity contribution in [1.82, 2.24) is 4.90 Å². The van der Waals surface area contributed by atoms with Gasteiger partial charge in [-0.15, -0.1) is 0 Å². The van der Waals surface area contributed by atoms with Crippen LogP contribution in [0.4, 0.5) is 5.69 Å². The lowest BCUT2D eigenvalue weighted by molar-refractivity contribution is -0.384. The van der Waals surface area contributed by atoms with Crippen molar-refractivity contribution < 1.29 is 28.8 Å². The quantitative estimate of drug-likeness (QED) is 0.173. The topological polar surface area (TPSA) is 124 Å². The number of hydrogen-bond acceptors (Lipinski definition) is 7. The molecule has 30 heavy (non-hydrogen) atoms. The summed E-state index contributed by atoms with van der Waals surface area (Å²) in [5, 5.41) is 10.8. The molecule has 2 bridgehead atoms. The van der Waals surface area contributed by atoms with Gasteiger partial charge in [0.1, 0.15) is 6.54 Å². The Kier molecular flexibility index (Phi) is 4.09. The van der Waals surface area contributed by atoms with Crippen molar-refractivity contribution in [2.75, 3.05) is 13.2 Å². The first-order chi connectivity index (χ1) is 14.4. The lowest BCUT2D eigenvalue weighted by atomic mass is 9.63. The molecular weight excluding hydrogens is 392 g/mol. The standard InChI is InChI=1S/C21H18N2O7/c24-16(10-2-1-3-11(6-10)23(28)29)9-30-17(25)8-22-20(26)18-12-4-5-13(15-7-14(12)15)19(18)21(22)27/h1-6,12-15,18-19H,7-9H2/t12-,13+,14-,15-,18+,19+/m1/s1. The summed E-state index contributed by atoms with van der Waals surface area (Å²) < 4.78 is 4.95. The number of carbonyl (C=O) groups excluding carboxylic acids is 4. The van der Waals surface area contributed by atoms with Gasteiger partial charge in [-0.25, -0.2) is 0 Å². The molecule has 0 unspecified atom stereocenters. The minimum Gasteiger partial charge on any atom is -0.456 e. The van der Waals surface area contributed by atoms with Crippen LogP contribution < -0.4 is 0 Å². The Morgan fingerprint density at radius 1 is 1.10 bits per heavy atom.